The smallest absolute Gasteiger partial charge is 0.253 e. The Bertz CT molecular complexity index is 1070. The topological polar surface area (TPSA) is 71.6 Å². The van der Waals surface area contributed by atoms with Crippen LogP contribution in [0.2, 0.25) is 0 Å². The van der Waals surface area contributed by atoms with Crippen molar-refractivity contribution in [2.75, 3.05) is 19.1 Å². The van der Waals surface area contributed by atoms with E-state index in [1.807, 2.05) is 50.2 Å². The highest BCUT2D eigenvalue weighted by Crippen LogP contribution is 2.25. The van der Waals surface area contributed by atoms with Crippen molar-refractivity contribution < 1.29 is 14.3 Å². The van der Waals surface area contributed by atoms with Crippen molar-refractivity contribution in [3.05, 3.63) is 64.4 Å². The minimum atomic E-state index is -0.215. The lowest BCUT2D eigenvalue weighted by Gasteiger charge is -2.24. The average molecular weight is 394 g/mol. The molecule has 0 saturated carbocycles. The molecule has 1 amide bonds. The SMILES string of the molecule is COc1cccc(N(Cc2cc3cc(OC)ccc3[nH]c2=O)C(=O)CC(C)C)c1. The molecule has 0 aliphatic rings. The summed E-state index contributed by atoms with van der Waals surface area (Å²) >= 11 is 0. The van der Waals surface area contributed by atoms with Gasteiger partial charge in [-0.1, -0.05) is 19.9 Å². The molecule has 1 heterocycles. The van der Waals surface area contributed by atoms with Gasteiger partial charge in [-0.2, -0.15) is 0 Å². The van der Waals surface area contributed by atoms with Crippen LogP contribution >= 0.6 is 0 Å². The van der Waals surface area contributed by atoms with Gasteiger partial charge in [0.05, 0.1) is 20.8 Å². The molecule has 0 unspecified atom stereocenters. The first-order valence-corrected chi connectivity index (χ1v) is 9.55. The van der Waals surface area contributed by atoms with E-state index >= 15 is 0 Å². The highest BCUT2D eigenvalue weighted by Gasteiger charge is 2.19. The standard InChI is InChI=1S/C23H26N2O4/c1-15(2)10-22(26)25(18-6-5-7-19(13-18)28-3)14-17-11-16-12-20(29-4)8-9-21(16)24-23(17)27/h5-9,11-13,15H,10,14H2,1-4H3,(H,24,27). The third-order valence-electron chi connectivity index (χ3n) is 4.71. The molecular formula is C23H26N2O4. The zero-order valence-electron chi connectivity index (χ0n) is 17.2. The van der Waals surface area contributed by atoms with Crippen molar-refractivity contribution in [1.82, 2.24) is 4.98 Å². The van der Waals surface area contributed by atoms with Crippen LogP contribution in [0.1, 0.15) is 25.8 Å². The van der Waals surface area contributed by atoms with Crippen LogP contribution in [-0.2, 0) is 11.3 Å². The molecule has 3 rings (SSSR count). The van der Waals surface area contributed by atoms with Gasteiger partial charge in [0.25, 0.3) is 5.56 Å². The van der Waals surface area contributed by atoms with Gasteiger partial charge < -0.3 is 19.4 Å². The molecular weight excluding hydrogens is 368 g/mol. The summed E-state index contributed by atoms with van der Waals surface area (Å²) in [5, 5.41) is 0.848. The maximum absolute atomic E-state index is 13.0. The van der Waals surface area contributed by atoms with Gasteiger partial charge in [0.15, 0.2) is 0 Å². The van der Waals surface area contributed by atoms with Crippen LogP contribution in [0.25, 0.3) is 10.9 Å². The number of carbonyl (C=O) groups excluding carboxylic acids is 1. The molecule has 0 aliphatic heterocycles. The minimum Gasteiger partial charge on any atom is -0.497 e. The summed E-state index contributed by atoms with van der Waals surface area (Å²) in [4.78, 5) is 30.2. The number of methoxy groups -OCH3 is 2. The quantitative estimate of drug-likeness (QED) is 0.654. The lowest BCUT2D eigenvalue weighted by atomic mass is 10.1. The van der Waals surface area contributed by atoms with Gasteiger partial charge in [-0.05, 0) is 42.3 Å². The Morgan fingerprint density at radius 2 is 1.76 bits per heavy atom. The Kier molecular flexibility index (Phi) is 6.22. The van der Waals surface area contributed by atoms with Crippen molar-refractivity contribution >= 4 is 22.5 Å². The maximum Gasteiger partial charge on any atom is 0.253 e. The number of hydrogen-bond donors (Lipinski definition) is 1. The first kappa shape index (κ1) is 20.5. The monoisotopic (exact) mass is 394 g/mol. The predicted octanol–water partition coefficient (Wildman–Crippen LogP) is 4.12. The van der Waals surface area contributed by atoms with Crippen LogP contribution in [0.4, 0.5) is 5.69 Å². The van der Waals surface area contributed by atoms with Crippen molar-refractivity contribution in [2.24, 2.45) is 5.92 Å². The molecule has 3 aromatic rings. The summed E-state index contributed by atoms with van der Waals surface area (Å²) in [6.07, 6.45) is 0.385. The average Bonchev–Trinajstić information content (AvgIpc) is 2.71. The number of rotatable bonds is 7. The number of pyridine rings is 1. The number of aromatic nitrogens is 1. The first-order chi connectivity index (χ1) is 13.9. The summed E-state index contributed by atoms with van der Waals surface area (Å²) < 4.78 is 10.6. The Morgan fingerprint density at radius 1 is 1.03 bits per heavy atom. The lowest BCUT2D eigenvalue weighted by molar-refractivity contribution is -0.119. The predicted molar refractivity (Wildman–Crippen MR) is 115 cm³/mol. The van der Waals surface area contributed by atoms with Crippen LogP contribution in [0.3, 0.4) is 0 Å². The highest BCUT2D eigenvalue weighted by atomic mass is 16.5. The second kappa shape index (κ2) is 8.82. The normalized spacial score (nSPS) is 10.9. The molecule has 0 saturated heterocycles. The number of nitrogens with zero attached hydrogens (tertiary/aromatic N) is 1. The summed E-state index contributed by atoms with van der Waals surface area (Å²) in [6, 6.07) is 14.6. The summed E-state index contributed by atoms with van der Waals surface area (Å²) in [7, 11) is 3.18. The third kappa shape index (κ3) is 4.77. The largest absolute Gasteiger partial charge is 0.497 e. The molecule has 0 bridgehead atoms. The number of hydrogen-bond acceptors (Lipinski definition) is 4. The number of anilines is 1. The van der Waals surface area contributed by atoms with Crippen LogP contribution in [0, 0.1) is 5.92 Å². The second-order valence-electron chi connectivity index (χ2n) is 7.36. The van der Waals surface area contributed by atoms with Crippen molar-refractivity contribution in [3.8, 4) is 11.5 Å². The molecule has 152 valence electrons. The number of carbonyl (C=O) groups is 1. The number of ether oxygens (including phenoxy) is 2. The van der Waals surface area contributed by atoms with Gasteiger partial charge in [0.2, 0.25) is 5.91 Å². The van der Waals surface area contributed by atoms with E-state index in [2.05, 4.69) is 4.98 Å². The number of amides is 1. The van der Waals surface area contributed by atoms with Gasteiger partial charge in [-0.15, -0.1) is 0 Å². The number of aromatic amines is 1. The van der Waals surface area contributed by atoms with Crippen LogP contribution in [-0.4, -0.2) is 25.1 Å². The molecule has 6 nitrogen and oxygen atoms in total. The Labute approximate surface area is 170 Å². The van der Waals surface area contributed by atoms with E-state index in [0.717, 1.165) is 10.9 Å². The van der Waals surface area contributed by atoms with Gasteiger partial charge in [-0.3, -0.25) is 9.59 Å². The molecule has 2 aromatic carbocycles. The summed E-state index contributed by atoms with van der Waals surface area (Å²) in [5.41, 5.74) is 1.71. The molecule has 0 spiro atoms. The fraction of sp³-hybridized carbons (Fsp3) is 0.304. The summed E-state index contributed by atoms with van der Waals surface area (Å²) in [5.74, 6) is 1.52. The van der Waals surface area contributed by atoms with E-state index < -0.39 is 0 Å². The fourth-order valence-corrected chi connectivity index (χ4v) is 3.21. The van der Waals surface area contributed by atoms with Gasteiger partial charge in [-0.25, -0.2) is 0 Å². The number of fused-ring (bicyclic) bond motifs is 1. The molecule has 1 N–H and O–H groups in total. The van der Waals surface area contributed by atoms with E-state index in [-0.39, 0.29) is 23.9 Å². The van der Waals surface area contributed by atoms with E-state index in [1.54, 1.807) is 31.3 Å². The van der Waals surface area contributed by atoms with E-state index in [1.165, 1.54) is 0 Å². The third-order valence-corrected chi connectivity index (χ3v) is 4.71. The molecule has 6 heteroatoms. The second-order valence-corrected chi connectivity index (χ2v) is 7.36. The van der Waals surface area contributed by atoms with Crippen LogP contribution in [0.5, 0.6) is 11.5 Å². The maximum atomic E-state index is 13.0. The van der Waals surface area contributed by atoms with Gasteiger partial charge in [0.1, 0.15) is 11.5 Å². The Balaban J connectivity index is 2.03. The first-order valence-electron chi connectivity index (χ1n) is 9.55. The number of nitrogens with one attached hydrogen (secondary N) is 1. The molecule has 0 aliphatic carbocycles. The van der Waals surface area contributed by atoms with Crippen molar-refractivity contribution in [2.45, 2.75) is 26.8 Å². The van der Waals surface area contributed by atoms with Gasteiger partial charge >= 0.3 is 0 Å². The molecule has 29 heavy (non-hydrogen) atoms. The van der Waals surface area contributed by atoms with Crippen LogP contribution < -0.4 is 19.9 Å². The Morgan fingerprint density at radius 3 is 2.45 bits per heavy atom. The molecule has 0 radical (unpaired) electrons. The molecule has 0 fully saturated rings. The highest BCUT2D eigenvalue weighted by molar-refractivity contribution is 5.93. The van der Waals surface area contributed by atoms with Crippen molar-refractivity contribution in [1.29, 1.82) is 0 Å². The zero-order valence-corrected chi connectivity index (χ0v) is 17.2. The van der Waals surface area contributed by atoms with E-state index in [4.69, 9.17) is 9.47 Å². The van der Waals surface area contributed by atoms with E-state index in [0.29, 0.717) is 29.2 Å². The fourth-order valence-electron chi connectivity index (χ4n) is 3.21. The molecule has 1 aromatic heterocycles. The minimum absolute atomic E-state index is 0.0432. The summed E-state index contributed by atoms with van der Waals surface area (Å²) in [6.45, 7) is 4.16. The number of benzene rings is 2. The van der Waals surface area contributed by atoms with E-state index in [9.17, 15) is 9.59 Å². The molecule has 0 atom stereocenters. The Hall–Kier alpha value is -3.28. The van der Waals surface area contributed by atoms with Crippen molar-refractivity contribution in [3.63, 3.8) is 0 Å². The zero-order chi connectivity index (χ0) is 21.0. The van der Waals surface area contributed by atoms with Crippen LogP contribution in [0.15, 0.2) is 53.3 Å². The lowest BCUT2D eigenvalue weighted by Crippen LogP contribution is -2.33. The number of H-pyrrole nitrogens is 1. The van der Waals surface area contributed by atoms with Gasteiger partial charge in [0, 0.05) is 34.6 Å².